The van der Waals surface area contributed by atoms with Gasteiger partial charge < -0.3 is 10.2 Å². The number of halogens is 1. The van der Waals surface area contributed by atoms with Gasteiger partial charge in [0.15, 0.2) is 5.96 Å². The fraction of sp³-hybridized carbons (Fsp3) is 0.524. The summed E-state index contributed by atoms with van der Waals surface area (Å²) in [6, 6.07) is 8.75. The smallest absolute Gasteiger partial charge is 0.193 e. The molecule has 1 unspecified atom stereocenters. The van der Waals surface area contributed by atoms with Crippen LogP contribution in [0.1, 0.15) is 55.0 Å². The van der Waals surface area contributed by atoms with Crippen molar-refractivity contribution in [3.8, 4) is 0 Å². The van der Waals surface area contributed by atoms with Crippen molar-refractivity contribution in [3.05, 3.63) is 52.8 Å². The van der Waals surface area contributed by atoms with Gasteiger partial charge in [-0.25, -0.2) is 0 Å². The molecule has 0 spiro atoms. The number of guanidine groups is 1. The molecule has 0 amide bonds. The SMILES string of the molecule is CN=C(NCC(C)c1ccc(C)cc1)N(C)Cc1cn(C)nc1C(C)C.I. The Morgan fingerprint density at radius 2 is 1.85 bits per heavy atom. The number of aromatic nitrogens is 2. The summed E-state index contributed by atoms with van der Waals surface area (Å²) in [6.07, 6.45) is 2.11. The summed E-state index contributed by atoms with van der Waals surface area (Å²) in [5, 5.41) is 8.11. The lowest BCUT2D eigenvalue weighted by Crippen LogP contribution is -2.40. The summed E-state index contributed by atoms with van der Waals surface area (Å²) < 4.78 is 1.90. The second kappa shape index (κ2) is 10.7. The molecule has 0 aliphatic heterocycles. The molecule has 1 N–H and O–H groups in total. The first kappa shape index (κ1) is 23.5. The Kier molecular flexibility index (Phi) is 9.29. The summed E-state index contributed by atoms with van der Waals surface area (Å²) in [6.45, 7) is 10.4. The number of aryl methyl sites for hydroxylation is 2. The Balaban J connectivity index is 0.00000364. The lowest BCUT2D eigenvalue weighted by molar-refractivity contribution is 0.470. The molecule has 1 heterocycles. The molecule has 150 valence electrons. The Bertz CT molecular complexity index is 734. The van der Waals surface area contributed by atoms with E-state index in [-0.39, 0.29) is 24.0 Å². The minimum atomic E-state index is 0. The molecule has 1 atom stereocenters. The van der Waals surface area contributed by atoms with Crippen LogP contribution >= 0.6 is 24.0 Å². The number of hydrogen-bond acceptors (Lipinski definition) is 2. The third-order valence-electron chi connectivity index (χ3n) is 4.68. The molecule has 6 heteroatoms. The van der Waals surface area contributed by atoms with Gasteiger partial charge in [0.05, 0.1) is 5.69 Å². The molecule has 0 fully saturated rings. The van der Waals surface area contributed by atoms with Crippen LogP contribution in [0.25, 0.3) is 0 Å². The van der Waals surface area contributed by atoms with Crippen LogP contribution in [0.2, 0.25) is 0 Å². The molecule has 0 bridgehead atoms. The highest BCUT2D eigenvalue weighted by atomic mass is 127. The molecule has 0 aliphatic rings. The minimum Gasteiger partial charge on any atom is -0.356 e. The second-order valence-electron chi connectivity index (χ2n) is 7.46. The van der Waals surface area contributed by atoms with Crippen LogP contribution in [0.3, 0.4) is 0 Å². The molecule has 2 aromatic rings. The van der Waals surface area contributed by atoms with Crippen molar-refractivity contribution in [2.24, 2.45) is 12.0 Å². The lowest BCUT2D eigenvalue weighted by atomic mass is 10.0. The van der Waals surface area contributed by atoms with Gasteiger partial charge in [0.25, 0.3) is 0 Å². The van der Waals surface area contributed by atoms with Crippen LogP contribution in [-0.2, 0) is 13.6 Å². The number of benzene rings is 1. The Morgan fingerprint density at radius 1 is 1.22 bits per heavy atom. The van der Waals surface area contributed by atoms with E-state index in [1.807, 2.05) is 18.8 Å². The summed E-state index contributed by atoms with van der Waals surface area (Å²) in [7, 11) is 5.89. The van der Waals surface area contributed by atoms with E-state index >= 15 is 0 Å². The number of nitrogens with one attached hydrogen (secondary N) is 1. The number of hydrogen-bond donors (Lipinski definition) is 1. The number of aliphatic imine (C=N–C) groups is 1. The number of nitrogens with zero attached hydrogens (tertiary/aromatic N) is 4. The second-order valence-corrected chi connectivity index (χ2v) is 7.46. The lowest BCUT2D eigenvalue weighted by Gasteiger charge is -2.24. The molecule has 27 heavy (non-hydrogen) atoms. The van der Waals surface area contributed by atoms with Crippen molar-refractivity contribution in [2.45, 2.75) is 46.1 Å². The third-order valence-corrected chi connectivity index (χ3v) is 4.68. The van der Waals surface area contributed by atoms with Gasteiger partial charge in [0, 0.05) is 46.0 Å². The van der Waals surface area contributed by atoms with Gasteiger partial charge in [-0.3, -0.25) is 9.67 Å². The normalized spacial score (nSPS) is 12.7. The standard InChI is InChI=1S/C21H33N5.HI/c1-15(2)20-19(14-26(7)24-20)13-25(6)21(22-5)23-12-17(4)18-10-8-16(3)9-11-18;/h8-11,14-15,17H,12-13H2,1-7H3,(H,22,23);1H. The molecular weight excluding hydrogens is 449 g/mol. The minimum absolute atomic E-state index is 0. The number of rotatable bonds is 6. The van der Waals surface area contributed by atoms with Crippen LogP contribution in [0.4, 0.5) is 0 Å². The predicted molar refractivity (Wildman–Crippen MR) is 125 cm³/mol. The Morgan fingerprint density at radius 3 is 2.41 bits per heavy atom. The maximum atomic E-state index is 4.60. The van der Waals surface area contributed by atoms with E-state index in [9.17, 15) is 0 Å². The highest BCUT2D eigenvalue weighted by Crippen LogP contribution is 2.19. The monoisotopic (exact) mass is 483 g/mol. The zero-order chi connectivity index (χ0) is 19.3. The Hall–Kier alpha value is -1.57. The van der Waals surface area contributed by atoms with Crippen molar-refractivity contribution in [1.82, 2.24) is 20.0 Å². The van der Waals surface area contributed by atoms with Crippen LogP contribution in [0.5, 0.6) is 0 Å². The van der Waals surface area contributed by atoms with Gasteiger partial charge in [0.1, 0.15) is 0 Å². The molecule has 0 radical (unpaired) electrons. The first-order chi connectivity index (χ1) is 12.3. The quantitative estimate of drug-likeness (QED) is 0.379. The molecule has 5 nitrogen and oxygen atoms in total. The summed E-state index contributed by atoms with van der Waals surface area (Å²) in [4.78, 5) is 6.61. The van der Waals surface area contributed by atoms with Gasteiger partial charge >= 0.3 is 0 Å². The van der Waals surface area contributed by atoms with Gasteiger partial charge in [-0.15, -0.1) is 24.0 Å². The van der Waals surface area contributed by atoms with Gasteiger partial charge in [0.2, 0.25) is 0 Å². The van der Waals surface area contributed by atoms with Gasteiger partial charge in [-0.2, -0.15) is 5.10 Å². The first-order valence-electron chi connectivity index (χ1n) is 9.32. The maximum Gasteiger partial charge on any atom is 0.193 e. The largest absolute Gasteiger partial charge is 0.356 e. The van der Waals surface area contributed by atoms with E-state index in [0.29, 0.717) is 11.8 Å². The van der Waals surface area contributed by atoms with E-state index in [2.05, 4.69) is 85.5 Å². The van der Waals surface area contributed by atoms with Crippen LogP contribution in [0, 0.1) is 6.92 Å². The fourth-order valence-electron chi connectivity index (χ4n) is 3.14. The predicted octanol–water partition coefficient (Wildman–Crippen LogP) is 4.28. The van der Waals surface area contributed by atoms with Crippen LogP contribution in [0.15, 0.2) is 35.5 Å². The molecule has 0 aliphatic carbocycles. The molecule has 0 saturated carbocycles. The zero-order valence-electron chi connectivity index (χ0n) is 17.7. The van der Waals surface area contributed by atoms with Crippen LogP contribution < -0.4 is 5.32 Å². The van der Waals surface area contributed by atoms with E-state index < -0.39 is 0 Å². The molecule has 1 aromatic carbocycles. The Labute approximate surface area is 181 Å². The van der Waals surface area contributed by atoms with E-state index in [0.717, 1.165) is 24.7 Å². The van der Waals surface area contributed by atoms with E-state index in [1.54, 1.807) is 0 Å². The average molecular weight is 483 g/mol. The van der Waals surface area contributed by atoms with E-state index in [1.165, 1.54) is 16.7 Å². The molecule has 0 saturated heterocycles. The van der Waals surface area contributed by atoms with Gasteiger partial charge in [-0.05, 0) is 24.3 Å². The van der Waals surface area contributed by atoms with Crippen molar-refractivity contribution in [3.63, 3.8) is 0 Å². The summed E-state index contributed by atoms with van der Waals surface area (Å²) in [5.41, 5.74) is 5.04. The third kappa shape index (κ3) is 6.52. The first-order valence-corrected chi connectivity index (χ1v) is 9.32. The molecule has 2 rings (SSSR count). The van der Waals surface area contributed by atoms with Crippen molar-refractivity contribution < 1.29 is 0 Å². The zero-order valence-corrected chi connectivity index (χ0v) is 20.0. The van der Waals surface area contributed by atoms with Crippen LogP contribution in [-0.4, -0.2) is 41.3 Å². The van der Waals surface area contributed by atoms with Gasteiger partial charge in [-0.1, -0.05) is 50.6 Å². The highest BCUT2D eigenvalue weighted by molar-refractivity contribution is 14.0. The van der Waals surface area contributed by atoms with Crippen molar-refractivity contribution >= 4 is 29.9 Å². The topological polar surface area (TPSA) is 45.5 Å². The highest BCUT2D eigenvalue weighted by Gasteiger charge is 2.15. The summed E-state index contributed by atoms with van der Waals surface area (Å²) in [5.74, 6) is 1.74. The molecular formula is C21H34IN5. The fourth-order valence-corrected chi connectivity index (χ4v) is 3.14. The van der Waals surface area contributed by atoms with E-state index in [4.69, 9.17) is 0 Å². The van der Waals surface area contributed by atoms with Crippen molar-refractivity contribution in [2.75, 3.05) is 20.6 Å². The average Bonchev–Trinajstić information content (AvgIpc) is 2.96. The van der Waals surface area contributed by atoms with Crippen molar-refractivity contribution in [1.29, 1.82) is 0 Å². The summed E-state index contributed by atoms with van der Waals surface area (Å²) >= 11 is 0. The molecule has 1 aromatic heterocycles. The maximum absolute atomic E-state index is 4.60.